The highest BCUT2D eigenvalue weighted by Gasteiger charge is 2.30. The fourth-order valence-electron chi connectivity index (χ4n) is 3.32. The zero-order chi connectivity index (χ0) is 21.3. The number of halogens is 2. The number of amides is 1. The topological polar surface area (TPSA) is 88.2 Å². The largest absolute Gasteiger partial charge is 0.454 e. The van der Waals surface area contributed by atoms with E-state index in [-0.39, 0.29) is 42.3 Å². The van der Waals surface area contributed by atoms with Crippen LogP contribution >= 0.6 is 23.2 Å². The second-order valence-corrected chi connectivity index (χ2v) is 9.62. The van der Waals surface area contributed by atoms with Gasteiger partial charge in [0.15, 0.2) is 11.5 Å². The molecule has 4 rings (SSSR count). The van der Waals surface area contributed by atoms with Crippen molar-refractivity contribution in [1.29, 1.82) is 0 Å². The Hall–Kier alpha value is -2.04. The van der Waals surface area contributed by atoms with Gasteiger partial charge in [0, 0.05) is 43.0 Å². The molecule has 2 aliphatic heterocycles. The molecular formula is C19H19Cl2N3O5S. The molecule has 2 heterocycles. The van der Waals surface area contributed by atoms with Gasteiger partial charge in [0.1, 0.15) is 4.90 Å². The molecule has 1 amide bonds. The summed E-state index contributed by atoms with van der Waals surface area (Å²) in [7, 11) is -3.76. The molecule has 30 heavy (non-hydrogen) atoms. The monoisotopic (exact) mass is 471 g/mol. The molecule has 0 spiro atoms. The fourth-order valence-corrected chi connectivity index (χ4v) is 5.48. The first-order chi connectivity index (χ1) is 14.3. The van der Waals surface area contributed by atoms with Gasteiger partial charge in [-0.2, -0.15) is 4.31 Å². The van der Waals surface area contributed by atoms with Crippen molar-refractivity contribution in [1.82, 2.24) is 9.21 Å². The van der Waals surface area contributed by atoms with Crippen molar-refractivity contribution in [2.45, 2.75) is 4.90 Å². The number of rotatable bonds is 5. The highest BCUT2D eigenvalue weighted by molar-refractivity contribution is 7.89. The minimum atomic E-state index is -3.76. The Labute approximate surface area is 184 Å². The number of ether oxygens (including phenoxy) is 2. The Bertz CT molecular complexity index is 1070. The molecular weight excluding hydrogens is 453 g/mol. The van der Waals surface area contributed by atoms with Crippen molar-refractivity contribution < 1.29 is 22.7 Å². The third kappa shape index (κ3) is 4.50. The fraction of sp³-hybridized carbons (Fsp3) is 0.316. The molecule has 0 unspecified atom stereocenters. The van der Waals surface area contributed by atoms with Crippen LogP contribution in [0.1, 0.15) is 0 Å². The number of hydrogen-bond acceptors (Lipinski definition) is 6. The molecule has 1 N–H and O–H groups in total. The third-order valence-corrected chi connectivity index (χ3v) is 7.48. The summed E-state index contributed by atoms with van der Waals surface area (Å²) in [4.78, 5) is 14.3. The average Bonchev–Trinajstić information content (AvgIpc) is 3.18. The number of sulfonamides is 1. The number of carbonyl (C=O) groups is 1. The second kappa shape index (κ2) is 8.60. The molecule has 0 radical (unpaired) electrons. The molecule has 2 aromatic rings. The molecule has 2 aromatic carbocycles. The maximum absolute atomic E-state index is 12.9. The molecule has 2 aliphatic rings. The molecule has 160 valence electrons. The van der Waals surface area contributed by atoms with Gasteiger partial charge in [0.25, 0.3) is 0 Å². The summed E-state index contributed by atoms with van der Waals surface area (Å²) < 4.78 is 37.7. The summed E-state index contributed by atoms with van der Waals surface area (Å²) >= 11 is 12.0. The number of hydrogen-bond donors (Lipinski definition) is 1. The number of nitrogens with zero attached hydrogens (tertiary/aromatic N) is 2. The van der Waals surface area contributed by atoms with E-state index >= 15 is 0 Å². The van der Waals surface area contributed by atoms with E-state index in [0.717, 1.165) is 0 Å². The minimum Gasteiger partial charge on any atom is -0.454 e. The van der Waals surface area contributed by atoms with Crippen LogP contribution in [0.2, 0.25) is 10.0 Å². The van der Waals surface area contributed by atoms with Crippen molar-refractivity contribution in [2.75, 3.05) is 44.8 Å². The highest BCUT2D eigenvalue weighted by Crippen LogP contribution is 2.34. The number of piperazine rings is 1. The van der Waals surface area contributed by atoms with E-state index in [2.05, 4.69) is 5.32 Å². The van der Waals surface area contributed by atoms with Gasteiger partial charge in [-0.05, 0) is 30.3 Å². The maximum Gasteiger partial charge on any atom is 0.244 e. The zero-order valence-corrected chi connectivity index (χ0v) is 18.1. The van der Waals surface area contributed by atoms with Gasteiger partial charge in [-0.3, -0.25) is 9.69 Å². The molecule has 1 saturated heterocycles. The van der Waals surface area contributed by atoms with E-state index in [0.29, 0.717) is 35.3 Å². The smallest absolute Gasteiger partial charge is 0.244 e. The predicted molar refractivity (Wildman–Crippen MR) is 113 cm³/mol. The molecule has 0 saturated carbocycles. The number of carbonyl (C=O) groups excluding carboxylic acids is 1. The second-order valence-electron chi connectivity index (χ2n) is 6.87. The maximum atomic E-state index is 12.9. The van der Waals surface area contributed by atoms with Gasteiger partial charge in [0.2, 0.25) is 22.7 Å². The SMILES string of the molecule is O=C(CN1CCN(S(=O)(=O)c2cc(Cl)ccc2Cl)CC1)Nc1ccc2c(c1)OCO2. The summed E-state index contributed by atoms with van der Waals surface area (Å²) in [6.45, 7) is 1.67. The van der Waals surface area contributed by atoms with E-state index in [1.807, 2.05) is 4.90 Å². The van der Waals surface area contributed by atoms with Gasteiger partial charge < -0.3 is 14.8 Å². The number of benzene rings is 2. The average molecular weight is 472 g/mol. The molecule has 8 nitrogen and oxygen atoms in total. The number of anilines is 1. The highest BCUT2D eigenvalue weighted by atomic mass is 35.5. The van der Waals surface area contributed by atoms with E-state index in [9.17, 15) is 13.2 Å². The number of fused-ring (bicyclic) bond motifs is 1. The molecule has 0 bridgehead atoms. The van der Waals surface area contributed by atoms with E-state index < -0.39 is 10.0 Å². The lowest BCUT2D eigenvalue weighted by Gasteiger charge is -2.33. The summed E-state index contributed by atoms with van der Waals surface area (Å²) in [5.74, 6) is 1.04. The molecule has 11 heteroatoms. The molecule has 0 aliphatic carbocycles. The van der Waals surface area contributed by atoms with Crippen molar-refractivity contribution in [3.8, 4) is 11.5 Å². The van der Waals surface area contributed by atoms with Crippen LogP contribution in [-0.2, 0) is 14.8 Å². The van der Waals surface area contributed by atoms with E-state index in [1.54, 1.807) is 24.3 Å². The van der Waals surface area contributed by atoms with Crippen LogP contribution in [0.15, 0.2) is 41.3 Å². The van der Waals surface area contributed by atoms with Gasteiger partial charge in [-0.15, -0.1) is 0 Å². The predicted octanol–water partition coefficient (Wildman–Crippen LogP) is 2.67. The molecule has 0 aromatic heterocycles. The standard InChI is InChI=1S/C19H19Cl2N3O5S/c20-13-1-3-15(21)18(9-13)30(26,27)24-7-5-23(6-8-24)11-19(25)22-14-2-4-16-17(10-14)29-12-28-16/h1-4,9-10H,5-8,11-12H2,(H,22,25). The van der Waals surface area contributed by atoms with Crippen LogP contribution in [0.4, 0.5) is 5.69 Å². The normalized spacial score (nSPS) is 17.1. The van der Waals surface area contributed by atoms with E-state index in [1.165, 1.54) is 16.4 Å². The van der Waals surface area contributed by atoms with Crippen LogP contribution in [0.5, 0.6) is 11.5 Å². The van der Waals surface area contributed by atoms with Crippen molar-refractivity contribution in [3.63, 3.8) is 0 Å². The zero-order valence-electron chi connectivity index (χ0n) is 15.8. The third-order valence-electron chi connectivity index (χ3n) is 4.87. The molecule has 1 fully saturated rings. The van der Waals surface area contributed by atoms with Crippen molar-refractivity contribution >= 4 is 44.8 Å². The quantitative estimate of drug-likeness (QED) is 0.720. The van der Waals surface area contributed by atoms with E-state index in [4.69, 9.17) is 32.7 Å². The number of nitrogens with one attached hydrogen (secondary N) is 1. The van der Waals surface area contributed by atoms with Crippen LogP contribution in [0.3, 0.4) is 0 Å². The van der Waals surface area contributed by atoms with Crippen LogP contribution in [0.25, 0.3) is 0 Å². The van der Waals surface area contributed by atoms with Gasteiger partial charge in [0.05, 0.1) is 11.6 Å². The Morgan fingerprint density at radius 1 is 1.00 bits per heavy atom. The lowest BCUT2D eigenvalue weighted by atomic mass is 10.2. The van der Waals surface area contributed by atoms with Gasteiger partial charge in [-0.25, -0.2) is 8.42 Å². The summed E-state index contributed by atoms with van der Waals surface area (Å²) in [6, 6.07) is 9.55. The first-order valence-electron chi connectivity index (χ1n) is 9.20. The first-order valence-corrected chi connectivity index (χ1v) is 11.4. The van der Waals surface area contributed by atoms with Crippen LogP contribution in [0, 0.1) is 0 Å². The van der Waals surface area contributed by atoms with Crippen LogP contribution < -0.4 is 14.8 Å². The van der Waals surface area contributed by atoms with Crippen LogP contribution in [-0.4, -0.2) is 63.0 Å². The summed E-state index contributed by atoms with van der Waals surface area (Å²) in [5, 5.41) is 3.25. The minimum absolute atomic E-state index is 0.00864. The van der Waals surface area contributed by atoms with Crippen molar-refractivity contribution in [3.05, 3.63) is 46.4 Å². The summed E-state index contributed by atoms with van der Waals surface area (Å²) in [5.41, 5.74) is 0.612. The Morgan fingerprint density at radius 2 is 1.73 bits per heavy atom. The molecule has 0 atom stereocenters. The summed E-state index contributed by atoms with van der Waals surface area (Å²) in [6.07, 6.45) is 0. The Balaban J connectivity index is 1.33. The Kier molecular flexibility index (Phi) is 6.08. The first kappa shape index (κ1) is 21.2. The Morgan fingerprint density at radius 3 is 2.50 bits per heavy atom. The van der Waals surface area contributed by atoms with Gasteiger partial charge in [-0.1, -0.05) is 23.2 Å². The lowest BCUT2D eigenvalue weighted by Crippen LogP contribution is -2.50. The van der Waals surface area contributed by atoms with Gasteiger partial charge >= 0.3 is 0 Å². The lowest BCUT2D eigenvalue weighted by molar-refractivity contribution is -0.117. The van der Waals surface area contributed by atoms with Crippen molar-refractivity contribution in [2.24, 2.45) is 0 Å².